The number of halogens is 10. The number of ketones is 1. The highest BCUT2D eigenvalue weighted by molar-refractivity contribution is 6.09. The number of nitrogens with two attached hydrogens (primary N) is 1. The summed E-state index contributed by atoms with van der Waals surface area (Å²) in [4.78, 5) is 11.8. The minimum absolute atomic E-state index is 0.0569. The lowest BCUT2D eigenvalue weighted by Gasteiger charge is -2.29. The maximum absolute atomic E-state index is 13.3. The first-order valence-corrected chi connectivity index (χ1v) is 31.5. The van der Waals surface area contributed by atoms with E-state index in [1.165, 1.54) is 174 Å². The van der Waals surface area contributed by atoms with Crippen LogP contribution in [0.25, 0.3) is 5.57 Å². The third-order valence-corrected chi connectivity index (χ3v) is 14.0. The molecule has 0 aliphatic carbocycles. The first-order chi connectivity index (χ1) is 44.2. The van der Waals surface area contributed by atoms with E-state index in [-0.39, 0.29) is 76.6 Å². The summed E-state index contributed by atoms with van der Waals surface area (Å²) in [5.74, 6) is -2.18. The van der Waals surface area contributed by atoms with Crippen LogP contribution in [0.15, 0.2) is 249 Å². The van der Waals surface area contributed by atoms with Crippen molar-refractivity contribution in [3.63, 3.8) is 0 Å². The Hall–Kier alpha value is -9.19. The molecule has 0 fully saturated rings. The molecule has 0 heterocycles. The molecule has 0 aliphatic heterocycles. The second kappa shape index (κ2) is 37.2. The summed E-state index contributed by atoms with van der Waals surface area (Å²) < 4.78 is 132. The first-order valence-electron chi connectivity index (χ1n) is 29.5. The Labute approximate surface area is 538 Å². The largest absolute Gasteiger partial charge is 0.380 e. The van der Waals surface area contributed by atoms with Gasteiger partial charge in [0.05, 0.1) is 12.5 Å². The van der Waals surface area contributed by atoms with Crippen LogP contribution in [0.4, 0.5) is 43.9 Å². The van der Waals surface area contributed by atoms with Crippen molar-refractivity contribution < 1.29 is 58.9 Å². The molecule has 10 aromatic carbocycles. The normalized spacial score (nSPS) is 10.6. The summed E-state index contributed by atoms with van der Waals surface area (Å²) >= 11 is 1.31. The third kappa shape index (κ3) is 22.0. The molecule has 0 saturated carbocycles. The van der Waals surface area contributed by atoms with E-state index < -0.39 is 46.1 Å². The summed E-state index contributed by atoms with van der Waals surface area (Å²) in [5.41, 5.74) is 8.11. The average molecular weight is 1280 g/mol. The fraction of sp³-hybridized carbons (Fsp3) is 0.158. The van der Waals surface area contributed by atoms with Gasteiger partial charge in [0, 0.05) is 17.0 Å². The molecule has 10 aromatic rings. The fourth-order valence-electron chi connectivity index (χ4n) is 9.74. The Morgan fingerprint density at radius 2 is 0.728 bits per heavy atom. The van der Waals surface area contributed by atoms with Crippen molar-refractivity contribution in [2.45, 2.75) is 68.9 Å². The number of hydrogen-bond acceptors (Lipinski definition) is 5. The third-order valence-electron chi connectivity index (χ3n) is 14.0. The van der Waals surface area contributed by atoms with Gasteiger partial charge in [0.25, 0.3) is 0 Å². The molecule has 0 saturated heterocycles. The highest BCUT2D eigenvalue weighted by Gasteiger charge is 2.33. The molecule has 0 aliphatic rings. The molecule has 0 bridgehead atoms. The van der Waals surface area contributed by atoms with Gasteiger partial charge in [0.2, 0.25) is 16.3 Å². The fourth-order valence-corrected chi connectivity index (χ4v) is 9.74. The van der Waals surface area contributed by atoms with E-state index in [4.69, 9.17) is 11.0 Å². The highest BCUT2D eigenvalue weighted by atomic mass is 27.0. The standard InChI is InChI=1S/C16H16F2.C16H14F2.C15H15F2NO.C15H11F2NO.C13H8F2O.CH3.Al.2H/c2*1-2-5-16(12-6-3-8-14(17)10-12)13-7-4-9-15(18)11-13;2*16-13-5-1-3-11(9-13)15(19,7-8-18)12-4-2-6-14(17)10-12;14-11-5-1-3-9(7-11)13(16)10-4-2-6-12(15)8-10;;;;/h3-4,6-11,16H,2,5H2,1H3;3-11H,2H2,1H3;1-6,9-10,19H,7-8,18H2;1-6,9-10,19H,7H2;1-8H;1H3;;;. The van der Waals surface area contributed by atoms with E-state index >= 15 is 0 Å². The minimum Gasteiger partial charge on any atom is -0.380 e. The Kier molecular flexibility index (Phi) is 29.8. The lowest BCUT2D eigenvalue weighted by molar-refractivity contribution is 0.0730. The number of nitrogens with zero attached hydrogens (tertiary/aromatic N) is 1. The van der Waals surface area contributed by atoms with Gasteiger partial charge in [0.15, 0.2) is 5.78 Å². The van der Waals surface area contributed by atoms with Gasteiger partial charge < -0.3 is 15.9 Å². The smallest absolute Gasteiger partial charge is 0.207 e. The quantitative estimate of drug-likeness (QED) is 0.0508. The van der Waals surface area contributed by atoms with Crippen LogP contribution >= 0.6 is 0 Å². The van der Waals surface area contributed by atoms with Crippen LogP contribution in [0, 0.1) is 69.5 Å². The maximum atomic E-state index is 13.3. The van der Waals surface area contributed by atoms with Crippen LogP contribution in [0.5, 0.6) is 0 Å². The lowest BCUT2D eigenvalue weighted by atomic mass is 9.83. The van der Waals surface area contributed by atoms with Crippen molar-refractivity contribution in [2.24, 2.45) is 5.73 Å². The number of rotatable bonds is 16. The second-order valence-corrected chi connectivity index (χ2v) is 20.5. The lowest BCUT2D eigenvalue weighted by Crippen LogP contribution is -2.30. The molecule has 0 radical (unpaired) electrons. The van der Waals surface area contributed by atoms with Crippen LogP contribution in [0.3, 0.4) is 0 Å². The summed E-state index contributed by atoms with van der Waals surface area (Å²) in [6.07, 6.45) is 4.52. The van der Waals surface area contributed by atoms with Crippen LogP contribution in [-0.4, -0.2) is 38.8 Å². The summed E-state index contributed by atoms with van der Waals surface area (Å²) in [6.45, 7) is 4.27. The van der Waals surface area contributed by atoms with Crippen LogP contribution in [-0.2, 0) is 11.2 Å². The van der Waals surface area contributed by atoms with Gasteiger partial charge in [0.1, 0.15) is 69.4 Å². The van der Waals surface area contributed by atoms with E-state index in [9.17, 15) is 58.9 Å². The molecular formula is C76H69AlF10N2O3. The molecule has 0 amide bonds. The van der Waals surface area contributed by atoms with Gasteiger partial charge in [-0.05, 0) is 197 Å². The molecule has 5 nitrogen and oxygen atoms in total. The van der Waals surface area contributed by atoms with E-state index in [1.807, 2.05) is 43.3 Å². The molecule has 0 spiro atoms. The van der Waals surface area contributed by atoms with Crippen molar-refractivity contribution in [1.82, 2.24) is 0 Å². The Balaban J connectivity index is 0.000000207. The number of carbonyl (C=O) groups is 1. The highest BCUT2D eigenvalue weighted by Crippen LogP contribution is 2.36. The zero-order valence-electron chi connectivity index (χ0n) is 51.1. The van der Waals surface area contributed by atoms with Gasteiger partial charge in [-0.15, -0.1) is 5.79 Å². The Morgan fingerprint density at radius 1 is 0.446 bits per heavy atom. The van der Waals surface area contributed by atoms with Crippen LogP contribution in [0.2, 0.25) is 5.79 Å². The van der Waals surface area contributed by atoms with Crippen LogP contribution in [0.1, 0.15) is 112 Å². The van der Waals surface area contributed by atoms with E-state index in [0.717, 1.165) is 71.4 Å². The molecule has 10 rings (SSSR count). The predicted octanol–water partition coefficient (Wildman–Crippen LogP) is 18.2. The number of hydrogen-bond donors (Lipinski definition) is 3. The number of carbonyl (C=O) groups excluding carboxylic acids is 1. The minimum atomic E-state index is -1.72. The van der Waals surface area contributed by atoms with Crippen molar-refractivity contribution in [1.29, 1.82) is 5.26 Å². The molecule has 16 heteroatoms. The van der Waals surface area contributed by atoms with Crippen molar-refractivity contribution >= 4 is 27.6 Å². The first kappa shape index (κ1) is 73.5. The molecular weight excluding hydrogens is 1210 g/mol. The average Bonchev–Trinajstić information content (AvgIpc) is 0.876. The zero-order chi connectivity index (χ0) is 67.2. The molecule has 0 unspecified atom stereocenters. The van der Waals surface area contributed by atoms with Gasteiger partial charge in [-0.2, -0.15) is 5.26 Å². The van der Waals surface area contributed by atoms with Gasteiger partial charge in [-0.3, -0.25) is 4.79 Å². The number of allylic oxidation sites excluding steroid dienone is 1. The van der Waals surface area contributed by atoms with E-state index in [1.54, 1.807) is 36.4 Å². The molecule has 0 aromatic heterocycles. The van der Waals surface area contributed by atoms with Crippen LogP contribution < -0.4 is 5.73 Å². The Bertz CT molecular complexity index is 3810. The molecule has 474 valence electrons. The zero-order valence-corrected chi connectivity index (χ0v) is 53.1. The monoisotopic (exact) mass is 1270 g/mol. The summed E-state index contributed by atoms with van der Waals surface area (Å²) in [6, 6.07) is 60.2. The topological polar surface area (TPSA) is 107 Å². The predicted molar refractivity (Wildman–Crippen MR) is 346 cm³/mol. The van der Waals surface area contributed by atoms with Crippen molar-refractivity contribution in [3.8, 4) is 6.07 Å². The van der Waals surface area contributed by atoms with Crippen molar-refractivity contribution in [3.05, 3.63) is 363 Å². The van der Waals surface area contributed by atoms with E-state index in [0.29, 0.717) is 11.1 Å². The molecule has 4 N–H and O–H groups in total. The maximum Gasteiger partial charge on any atom is 0.207 e. The van der Waals surface area contributed by atoms with Crippen molar-refractivity contribution in [2.75, 3.05) is 6.54 Å². The van der Waals surface area contributed by atoms with E-state index in [2.05, 4.69) is 12.7 Å². The summed E-state index contributed by atoms with van der Waals surface area (Å²) in [7, 11) is 0. The Morgan fingerprint density at radius 3 is 1.01 bits per heavy atom. The number of nitriles is 1. The second-order valence-electron chi connectivity index (χ2n) is 20.5. The summed E-state index contributed by atoms with van der Waals surface area (Å²) in [5, 5.41) is 30.3. The SMILES string of the molecule is CCC=C(c1cccc(F)c1)c1cccc(F)c1.CCCC(c1cccc(F)c1)c1cccc(F)c1.N#CCC(O)(c1cccc(F)c1)c1cccc(F)c1.NCCC(O)(c1cccc(F)c1)c1cccc(F)c1.O=C(c1cccc(F)c1)c1cccc(F)c1.[CH3][AlH2]. The molecule has 92 heavy (non-hydrogen) atoms. The molecule has 0 atom stereocenters. The number of benzene rings is 10. The number of aliphatic hydroxyl groups is 2. The van der Waals surface area contributed by atoms with Gasteiger partial charge >= 0.3 is 0 Å². The van der Waals surface area contributed by atoms with Gasteiger partial charge in [-0.1, -0.05) is 148 Å². The van der Waals surface area contributed by atoms with Gasteiger partial charge in [-0.25, -0.2) is 43.9 Å².